The van der Waals surface area contributed by atoms with Gasteiger partial charge < -0.3 is 4.74 Å². The molecule has 1 saturated heterocycles. The smallest absolute Gasteiger partial charge is 0.119 e. The number of thioether (sulfide) groups is 2. The summed E-state index contributed by atoms with van der Waals surface area (Å²) in [5, 5.41) is 0.547. The average Bonchev–Trinajstić information content (AvgIpc) is 2.48. The zero-order valence-electron chi connectivity index (χ0n) is 11.3. The van der Waals surface area contributed by atoms with Crippen LogP contribution in [0.3, 0.4) is 0 Å². The fourth-order valence-corrected chi connectivity index (χ4v) is 4.96. The summed E-state index contributed by atoms with van der Waals surface area (Å²) in [4.78, 5) is 0. The van der Waals surface area contributed by atoms with Gasteiger partial charge in [0.2, 0.25) is 0 Å². The standard InChI is InChI=1S/C14H22N2OS2/c1-2-7-17-12-5-3-11(4-6-12)14(16-15)13-10-18-8-9-19-13/h3-6,13-14,16H,2,7-10,15H2,1H3. The first kappa shape index (κ1) is 15.0. The van der Waals surface area contributed by atoms with E-state index in [2.05, 4.69) is 24.5 Å². The number of nitrogens with two attached hydrogens (primary N) is 1. The average molecular weight is 298 g/mol. The molecule has 1 aliphatic rings. The maximum Gasteiger partial charge on any atom is 0.119 e. The van der Waals surface area contributed by atoms with Crippen LogP contribution in [0.5, 0.6) is 5.75 Å². The first-order chi connectivity index (χ1) is 9.35. The van der Waals surface area contributed by atoms with Crippen molar-refractivity contribution in [2.24, 2.45) is 5.84 Å². The minimum Gasteiger partial charge on any atom is -0.494 e. The molecule has 1 heterocycles. The molecule has 106 valence electrons. The minimum absolute atomic E-state index is 0.220. The van der Waals surface area contributed by atoms with Crippen LogP contribution in [0.1, 0.15) is 24.9 Å². The van der Waals surface area contributed by atoms with Gasteiger partial charge in [0.1, 0.15) is 5.75 Å². The van der Waals surface area contributed by atoms with Crippen molar-refractivity contribution in [2.75, 3.05) is 23.9 Å². The van der Waals surface area contributed by atoms with E-state index in [9.17, 15) is 0 Å². The molecule has 0 spiro atoms. The number of hydrogen-bond donors (Lipinski definition) is 2. The molecular weight excluding hydrogens is 276 g/mol. The fourth-order valence-electron chi connectivity index (χ4n) is 2.11. The van der Waals surface area contributed by atoms with Crippen LogP contribution < -0.4 is 16.0 Å². The Labute approximate surface area is 124 Å². The Balaban J connectivity index is 2.01. The lowest BCUT2D eigenvalue weighted by Crippen LogP contribution is -2.37. The summed E-state index contributed by atoms with van der Waals surface area (Å²) in [5.74, 6) is 10.3. The highest BCUT2D eigenvalue weighted by atomic mass is 32.2. The Morgan fingerprint density at radius 1 is 1.37 bits per heavy atom. The molecule has 2 atom stereocenters. The SMILES string of the molecule is CCCOc1ccc(C(NN)C2CSCCS2)cc1. The molecular formula is C14H22N2OS2. The van der Waals surface area contributed by atoms with Crippen molar-refractivity contribution in [3.05, 3.63) is 29.8 Å². The second-order valence-electron chi connectivity index (χ2n) is 4.55. The van der Waals surface area contributed by atoms with E-state index in [1.165, 1.54) is 17.1 Å². The Morgan fingerprint density at radius 3 is 2.74 bits per heavy atom. The maximum absolute atomic E-state index is 5.75. The predicted octanol–water partition coefficient (Wildman–Crippen LogP) is 2.83. The Kier molecular flexibility index (Phi) is 6.37. The first-order valence-electron chi connectivity index (χ1n) is 6.73. The molecule has 0 amide bonds. The predicted molar refractivity (Wildman–Crippen MR) is 85.9 cm³/mol. The van der Waals surface area contributed by atoms with Gasteiger partial charge in [-0.3, -0.25) is 11.3 Å². The van der Waals surface area contributed by atoms with E-state index in [1.54, 1.807) is 0 Å². The van der Waals surface area contributed by atoms with E-state index in [-0.39, 0.29) is 6.04 Å². The van der Waals surface area contributed by atoms with Gasteiger partial charge >= 0.3 is 0 Å². The van der Waals surface area contributed by atoms with Gasteiger partial charge in [-0.25, -0.2) is 0 Å². The van der Waals surface area contributed by atoms with Crippen LogP contribution in [0.2, 0.25) is 0 Å². The molecule has 19 heavy (non-hydrogen) atoms. The third-order valence-corrected chi connectivity index (χ3v) is 5.97. The second kappa shape index (κ2) is 8.04. The summed E-state index contributed by atoms with van der Waals surface area (Å²) in [6.45, 7) is 2.88. The molecule has 0 aliphatic carbocycles. The van der Waals surface area contributed by atoms with E-state index in [0.29, 0.717) is 5.25 Å². The van der Waals surface area contributed by atoms with Gasteiger partial charge in [-0.2, -0.15) is 23.5 Å². The molecule has 0 aromatic heterocycles. The number of nitrogens with one attached hydrogen (secondary N) is 1. The zero-order chi connectivity index (χ0) is 13.5. The third kappa shape index (κ3) is 4.31. The summed E-state index contributed by atoms with van der Waals surface area (Å²) in [5.41, 5.74) is 4.22. The number of hydrazine groups is 1. The monoisotopic (exact) mass is 298 g/mol. The molecule has 5 heteroatoms. The Bertz CT molecular complexity index is 366. The van der Waals surface area contributed by atoms with Gasteiger partial charge in [0.05, 0.1) is 12.6 Å². The molecule has 3 N–H and O–H groups in total. The van der Waals surface area contributed by atoms with Crippen molar-refractivity contribution in [3.8, 4) is 5.75 Å². The Morgan fingerprint density at radius 2 is 2.16 bits per heavy atom. The number of ether oxygens (including phenoxy) is 1. The van der Waals surface area contributed by atoms with Gasteiger partial charge in [-0.05, 0) is 24.1 Å². The lowest BCUT2D eigenvalue weighted by atomic mass is 10.0. The topological polar surface area (TPSA) is 47.3 Å². The van der Waals surface area contributed by atoms with Crippen molar-refractivity contribution in [2.45, 2.75) is 24.6 Å². The Hall–Kier alpha value is -0.360. The van der Waals surface area contributed by atoms with E-state index in [1.807, 2.05) is 35.7 Å². The number of hydrogen-bond acceptors (Lipinski definition) is 5. The van der Waals surface area contributed by atoms with Crippen molar-refractivity contribution in [1.29, 1.82) is 0 Å². The normalized spacial score (nSPS) is 21.1. The molecule has 0 saturated carbocycles. The van der Waals surface area contributed by atoms with Crippen LogP contribution in [0.4, 0.5) is 0 Å². The number of benzene rings is 1. The molecule has 1 aliphatic heterocycles. The molecule has 0 radical (unpaired) electrons. The van der Waals surface area contributed by atoms with E-state index >= 15 is 0 Å². The zero-order valence-corrected chi connectivity index (χ0v) is 12.9. The van der Waals surface area contributed by atoms with Crippen LogP contribution in [0.25, 0.3) is 0 Å². The third-order valence-electron chi connectivity index (χ3n) is 3.11. The van der Waals surface area contributed by atoms with Crippen molar-refractivity contribution in [3.63, 3.8) is 0 Å². The highest BCUT2D eigenvalue weighted by molar-refractivity contribution is 8.06. The summed E-state index contributed by atoms with van der Waals surface area (Å²) < 4.78 is 5.61. The maximum atomic E-state index is 5.75. The van der Waals surface area contributed by atoms with Crippen LogP contribution in [0.15, 0.2) is 24.3 Å². The van der Waals surface area contributed by atoms with E-state index in [4.69, 9.17) is 10.6 Å². The lowest BCUT2D eigenvalue weighted by molar-refractivity contribution is 0.317. The lowest BCUT2D eigenvalue weighted by Gasteiger charge is -2.29. The van der Waals surface area contributed by atoms with Crippen molar-refractivity contribution < 1.29 is 4.74 Å². The van der Waals surface area contributed by atoms with E-state index in [0.717, 1.165) is 24.5 Å². The summed E-state index contributed by atoms with van der Waals surface area (Å²) in [6.07, 6.45) is 1.03. The highest BCUT2D eigenvalue weighted by Gasteiger charge is 2.25. The van der Waals surface area contributed by atoms with Gasteiger partial charge in [0.25, 0.3) is 0 Å². The van der Waals surface area contributed by atoms with Gasteiger partial charge in [0, 0.05) is 22.5 Å². The van der Waals surface area contributed by atoms with Gasteiger partial charge in [0.15, 0.2) is 0 Å². The van der Waals surface area contributed by atoms with Crippen LogP contribution in [0, 0.1) is 0 Å². The minimum atomic E-state index is 0.220. The van der Waals surface area contributed by atoms with Crippen molar-refractivity contribution in [1.82, 2.24) is 5.43 Å². The molecule has 0 bridgehead atoms. The summed E-state index contributed by atoms with van der Waals surface area (Å²) in [7, 11) is 0. The fraction of sp³-hybridized carbons (Fsp3) is 0.571. The van der Waals surface area contributed by atoms with Crippen LogP contribution in [-0.4, -0.2) is 29.1 Å². The highest BCUT2D eigenvalue weighted by Crippen LogP contribution is 2.33. The van der Waals surface area contributed by atoms with Gasteiger partial charge in [-0.1, -0.05) is 19.1 Å². The van der Waals surface area contributed by atoms with E-state index < -0.39 is 0 Å². The summed E-state index contributed by atoms with van der Waals surface area (Å²) >= 11 is 4.03. The second-order valence-corrected chi connectivity index (χ2v) is 7.04. The molecule has 2 unspecified atom stereocenters. The van der Waals surface area contributed by atoms with Gasteiger partial charge in [-0.15, -0.1) is 0 Å². The molecule has 1 fully saturated rings. The van der Waals surface area contributed by atoms with Crippen LogP contribution in [-0.2, 0) is 0 Å². The number of rotatable bonds is 6. The molecule has 1 aromatic carbocycles. The molecule has 3 nitrogen and oxygen atoms in total. The van der Waals surface area contributed by atoms with Crippen LogP contribution >= 0.6 is 23.5 Å². The molecule has 2 rings (SSSR count). The summed E-state index contributed by atoms with van der Waals surface area (Å²) in [6, 6.07) is 8.54. The first-order valence-corrected chi connectivity index (χ1v) is 8.93. The quantitative estimate of drug-likeness (QED) is 0.625. The largest absolute Gasteiger partial charge is 0.494 e. The van der Waals surface area contributed by atoms with Crippen molar-refractivity contribution >= 4 is 23.5 Å². The molecule has 1 aromatic rings.